The summed E-state index contributed by atoms with van der Waals surface area (Å²) in [6.07, 6.45) is 1.36. The quantitative estimate of drug-likeness (QED) is 0.414. The van der Waals surface area contributed by atoms with Gasteiger partial charge in [0, 0.05) is 11.6 Å². The standard InChI is InChI=1S/C10H13N3O3S/c1-15-7-3-6(5-12-13-10(11)17)9(14)8(4-7)16-2/h3-5,14H,1-2H3,(H3,11,13,17). The summed E-state index contributed by atoms with van der Waals surface area (Å²) in [6, 6.07) is 3.16. The van der Waals surface area contributed by atoms with E-state index in [1.165, 1.54) is 20.4 Å². The Labute approximate surface area is 104 Å². The highest BCUT2D eigenvalue weighted by molar-refractivity contribution is 7.80. The lowest BCUT2D eigenvalue weighted by atomic mass is 10.2. The topological polar surface area (TPSA) is 89.1 Å². The van der Waals surface area contributed by atoms with Crippen molar-refractivity contribution in [3.8, 4) is 17.2 Å². The summed E-state index contributed by atoms with van der Waals surface area (Å²) in [4.78, 5) is 0. The first-order chi connectivity index (χ1) is 8.08. The predicted molar refractivity (Wildman–Crippen MR) is 68.7 cm³/mol. The lowest BCUT2D eigenvalue weighted by Gasteiger charge is -2.08. The van der Waals surface area contributed by atoms with Gasteiger partial charge in [0.05, 0.1) is 20.4 Å². The Balaban J connectivity index is 3.04. The monoisotopic (exact) mass is 255 g/mol. The second kappa shape index (κ2) is 5.90. The third kappa shape index (κ3) is 3.49. The van der Waals surface area contributed by atoms with Crippen molar-refractivity contribution in [2.24, 2.45) is 10.8 Å². The molecule has 0 saturated carbocycles. The maximum atomic E-state index is 9.81. The molecule has 0 amide bonds. The van der Waals surface area contributed by atoms with Crippen LogP contribution in [0.15, 0.2) is 17.2 Å². The molecule has 0 unspecified atom stereocenters. The molecule has 6 nitrogen and oxygen atoms in total. The summed E-state index contributed by atoms with van der Waals surface area (Å²) in [5.74, 6) is 0.791. The fourth-order valence-corrected chi connectivity index (χ4v) is 1.19. The highest BCUT2D eigenvalue weighted by Crippen LogP contribution is 2.33. The molecule has 0 atom stereocenters. The molecule has 0 fully saturated rings. The van der Waals surface area contributed by atoms with Crippen LogP contribution in [0.25, 0.3) is 0 Å². The van der Waals surface area contributed by atoms with E-state index in [0.29, 0.717) is 17.1 Å². The number of nitrogens with zero attached hydrogens (tertiary/aromatic N) is 1. The molecule has 92 valence electrons. The van der Waals surface area contributed by atoms with E-state index >= 15 is 0 Å². The van der Waals surface area contributed by atoms with Gasteiger partial charge in [0.25, 0.3) is 0 Å². The molecule has 0 saturated heterocycles. The Morgan fingerprint density at radius 3 is 2.71 bits per heavy atom. The van der Waals surface area contributed by atoms with Crippen LogP contribution in [0.1, 0.15) is 5.56 Å². The van der Waals surface area contributed by atoms with Gasteiger partial charge in [0.15, 0.2) is 16.6 Å². The van der Waals surface area contributed by atoms with Crippen molar-refractivity contribution in [2.75, 3.05) is 14.2 Å². The minimum atomic E-state index is -0.0400. The lowest BCUT2D eigenvalue weighted by Crippen LogP contribution is -2.24. The Hall–Kier alpha value is -2.02. The predicted octanol–water partition coefficient (Wildman–Crippen LogP) is 0.577. The largest absolute Gasteiger partial charge is 0.504 e. The van der Waals surface area contributed by atoms with Crippen LogP contribution in [0.2, 0.25) is 0 Å². The fraction of sp³-hybridized carbons (Fsp3) is 0.200. The van der Waals surface area contributed by atoms with E-state index in [9.17, 15) is 5.11 Å². The Morgan fingerprint density at radius 2 is 2.18 bits per heavy atom. The third-order valence-electron chi connectivity index (χ3n) is 1.91. The molecule has 0 bridgehead atoms. The second-order valence-electron chi connectivity index (χ2n) is 3.00. The van der Waals surface area contributed by atoms with E-state index in [1.807, 2.05) is 0 Å². The molecule has 0 radical (unpaired) electrons. The van der Waals surface area contributed by atoms with Gasteiger partial charge in [-0.1, -0.05) is 0 Å². The number of rotatable bonds is 4. The molecule has 0 aliphatic heterocycles. The summed E-state index contributed by atoms with van der Waals surface area (Å²) in [5.41, 5.74) is 8.00. The van der Waals surface area contributed by atoms with Crippen molar-refractivity contribution in [1.29, 1.82) is 0 Å². The number of hydrogen-bond donors (Lipinski definition) is 3. The number of thiocarbonyl (C=S) groups is 1. The van der Waals surface area contributed by atoms with Crippen molar-refractivity contribution >= 4 is 23.5 Å². The Bertz CT molecular complexity index is 449. The zero-order chi connectivity index (χ0) is 12.8. The smallest absolute Gasteiger partial charge is 0.184 e. The zero-order valence-electron chi connectivity index (χ0n) is 9.43. The highest BCUT2D eigenvalue weighted by atomic mass is 32.1. The van der Waals surface area contributed by atoms with Crippen LogP contribution in [0, 0.1) is 0 Å². The summed E-state index contributed by atoms with van der Waals surface area (Å²) in [7, 11) is 2.96. The number of ether oxygens (including phenoxy) is 2. The minimum Gasteiger partial charge on any atom is -0.504 e. The fourth-order valence-electron chi connectivity index (χ4n) is 1.14. The Morgan fingerprint density at radius 1 is 1.47 bits per heavy atom. The summed E-state index contributed by atoms with van der Waals surface area (Å²) >= 11 is 4.58. The molecule has 1 rings (SSSR count). The SMILES string of the molecule is COc1cc(C=NNC(N)=S)c(O)c(OC)c1. The number of phenolic OH excluding ortho intramolecular Hbond substituents is 1. The molecule has 7 heteroatoms. The summed E-state index contributed by atoms with van der Waals surface area (Å²) in [6.45, 7) is 0. The Kier molecular flexibility index (Phi) is 4.53. The molecule has 4 N–H and O–H groups in total. The average Bonchev–Trinajstić information content (AvgIpc) is 2.31. The number of aromatic hydroxyl groups is 1. The van der Waals surface area contributed by atoms with Crippen molar-refractivity contribution in [2.45, 2.75) is 0 Å². The van der Waals surface area contributed by atoms with Gasteiger partial charge in [0.2, 0.25) is 0 Å². The van der Waals surface area contributed by atoms with Gasteiger partial charge in [-0.3, -0.25) is 5.43 Å². The van der Waals surface area contributed by atoms with Crippen LogP contribution < -0.4 is 20.6 Å². The van der Waals surface area contributed by atoms with Crippen LogP contribution in [-0.4, -0.2) is 30.7 Å². The van der Waals surface area contributed by atoms with E-state index in [0.717, 1.165) is 0 Å². The zero-order valence-corrected chi connectivity index (χ0v) is 10.2. The molecular weight excluding hydrogens is 242 g/mol. The van der Waals surface area contributed by atoms with Gasteiger partial charge in [-0.2, -0.15) is 5.10 Å². The minimum absolute atomic E-state index is 0.0376. The maximum absolute atomic E-state index is 9.81. The van der Waals surface area contributed by atoms with Gasteiger partial charge in [-0.15, -0.1) is 0 Å². The summed E-state index contributed by atoms with van der Waals surface area (Å²) in [5, 5.41) is 13.6. The molecule has 0 spiro atoms. The summed E-state index contributed by atoms with van der Waals surface area (Å²) < 4.78 is 10.0. The molecule has 1 aromatic rings. The molecule has 0 aliphatic rings. The highest BCUT2D eigenvalue weighted by Gasteiger charge is 2.09. The first-order valence-electron chi connectivity index (χ1n) is 4.62. The van der Waals surface area contributed by atoms with Gasteiger partial charge >= 0.3 is 0 Å². The first-order valence-corrected chi connectivity index (χ1v) is 5.02. The third-order valence-corrected chi connectivity index (χ3v) is 2.00. The maximum Gasteiger partial charge on any atom is 0.184 e. The lowest BCUT2D eigenvalue weighted by molar-refractivity contribution is 0.364. The van der Waals surface area contributed by atoms with Crippen LogP contribution in [0.3, 0.4) is 0 Å². The van der Waals surface area contributed by atoms with E-state index in [1.54, 1.807) is 12.1 Å². The second-order valence-corrected chi connectivity index (χ2v) is 3.44. The van der Waals surface area contributed by atoms with E-state index in [2.05, 4.69) is 22.7 Å². The average molecular weight is 255 g/mol. The molecule has 1 aromatic carbocycles. The number of hydrogen-bond acceptors (Lipinski definition) is 5. The van der Waals surface area contributed by atoms with Crippen LogP contribution in [0.5, 0.6) is 17.2 Å². The molecule has 0 aliphatic carbocycles. The van der Waals surface area contributed by atoms with Crippen LogP contribution in [-0.2, 0) is 0 Å². The van der Waals surface area contributed by atoms with Crippen LogP contribution >= 0.6 is 12.2 Å². The van der Waals surface area contributed by atoms with Gasteiger partial charge in [-0.05, 0) is 18.3 Å². The number of nitrogens with one attached hydrogen (secondary N) is 1. The van der Waals surface area contributed by atoms with Crippen molar-refractivity contribution in [1.82, 2.24) is 5.43 Å². The number of nitrogens with two attached hydrogens (primary N) is 1. The number of benzene rings is 1. The van der Waals surface area contributed by atoms with E-state index < -0.39 is 0 Å². The van der Waals surface area contributed by atoms with E-state index in [-0.39, 0.29) is 10.9 Å². The van der Waals surface area contributed by atoms with Crippen LogP contribution in [0.4, 0.5) is 0 Å². The van der Waals surface area contributed by atoms with Gasteiger partial charge in [-0.25, -0.2) is 0 Å². The van der Waals surface area contributed by atoms with E-state index in [4.69, 9.17) is 15.2 Å². The normalized spacial score (nSPS) is 10.2. The molecule has 17 heavy (non-hydrogen) atoms. The molecule has 0 aromatic heterocycles. The van der Waals surface area contributed by atoms with Crippen molar-refractivity contribution < 1.29 is 14.6 Å². The number of phenols is 1. The number of hydrazone groups is 1. The molecular formula is C10H13N3O3S. The number of methoxy groups -OCH3 is 2. The van der Waals surface area contributed by atoms with Crippen molar-refractivity contribution in [3.05, 3.63) is 17.7 Å². The molecule has 0 heterocycles. The van der Waals surface area contributed by atoms with Crippen molar-refractivity contribution in [3.63, 3.8) is 0 Å². The first kappa shape index (κ1) is 13.0. The van der Waals surface area contributed by atoms with Gasteiger partial charge < -0.3 is 20.3 Å². The van der Waals surface area contributed by atoms with Gasteiger partial charge in [0.1, 0.15) is 5.75 Å².